The minimum atomic E-state index is -0.344. The molecule has 2 N–H and O–H groups in total. The summed E-state index contributed by atoms with van der Waals surface area (Å²) in [5, 5.41) is 5.41. The Balaban J connectivity index is 1.82. The third-order valence-electron chi connectivity index (χ3n) is 3.57. The monoisotopic (exact) mass is 340 g/mol. The summed E-state index contributed by atoms with van der Waals surface area (Å²) in [7, 11) is 0. The van der Waals surface area contributed by atoms with Crippen molar-refractivity contribution in [2.45, 2.75) is 26.2 Å². The fraction of sp³-hybridized carbons (Fsp3) is 0.300. The van der Waals surface area contributed by atoms with Crippen LogP contribution in [0.2, 0.25) is 0 Å². The van der Waals surface area contributed by atoms with Gasteiger partial charge in [-0.25, -0.2) is 0 Å². The number of ether oxygens (including phenoxy) is 1. The maximum absolute atomic E-state index is 12.1. The average molecular weight is 340 g/mol. The van der Waals surface area contributed by atoms with E-state index in [0.717, 1.165) is 11.3 Å². The fourth-order valence-electron chi connectivity index (χ4n) is 2.34. The predicted molar refractivity (Wildman–Crippen MR) is 98.7 cm³/mol. The Morgan fingerprint density at radius 2 is 1.56 bits per heavy atom. The molecule has 5 nitrogen and oxygen atoms in total. The lowest BCUT2D eigenvalue weighted by Crippen LogP contribution is -2.36. The smallest absolute Gasteiger partial charge is 0.258 e. The molecule has 2 aromatic carbocycles. The van der Waals surface area contributed by atoms with E-state index in [2.05, 4.69) is 31.4 Å². The summed E-state index contributed by atoms with van der Waals surface area (Å²) < 4.78 is 5.34. The van der Waals surface area contributed by atoms with E-state index in [1.54, 1.807) is 12.1 Å². The number of nitrogens with one attached hydrogen (secondary N) is 2. The number of carbonyl (C=O) groups excluding carboxylic acids is 2. The highest BCUT2D eigenvalue weighted by Crippen LogP contribution is 2.29. The van der Waals surface area contributed by atoms with Gasteiger partial charge in [0, 0.05) is 5.69 Å². The van der Waals surface area contributed by atoms with Crippen molar-refractivity contribution in [3.05, 3.63) is 60.2 Å². The molecule has 0 atom stereocenters. The fourth-order valence-corrected chi connectivity index (χ4v) is 2.34. The second kappa shape index (κ2) is 8.33. The van der Waals surface area contributed by atoms with Crippen LogP contribution in [0, 0.1) is 0 Å². The number of para-hydroxylation sites is 2. The van der Waals surface area contributed by atoms with Crippen LogP contribution in [0.15, 0.2) is 54.6 Å². The zero-order chi connectivity index (χ0) is 18.3. The van der Waals surface area contributed by atoms with Gasteiger partial charge in [0.15, 0.2) is 6.61 Å². The minimum absolute atomic E-state index is 0.0867. The van der Waals surface area contributed by atoms with E-state index in [1.165, 1.54) is 0 Å². The first-order valence-corrected chi connectivity index (χ1v) is 8.20. The van der Waals surface area contributed by atoms with Crippen LogP contribution in [0.3, 0.4) is 0 Å². The third kappa shape index (κ3) is 5.95. The molecule has 0 spiro atoms. The van der Waals surface area contributed by atoms with Crippen molar-refractivity contribution in [2.24, 2.45) is 0 Å². The Labute approximate surface area is 148 Å². The lowest BCUT2D eigenvalue weighted by Gasteiger charge is -2.23. The van der Waals surface area contributed by atoms with Crippen LogP contribution in [0.1, 0.15) is 26.3 Å². The number of carbonyl (C=O) groups is 2. The molecule has 0 aliphatic heterocycles. The zero-order valence-electron chi connectivity index (χ0n) is 14.8. The molecule has 0 unspecified atom stereocenters. The SMILES string of the molecule is CC(C)(C)c1ccccc1NC(=O)CNC(=O)COc1ccccc1. The highest BCUT2D eigenvalue weighted by atomic mass is 16.5. The Hall–Kier alpha value is -2.82. The first kappa shape index (κ1) is 18.5. The van der Waals surface area contributed by atoms with Gasteiger partial charge >= 0.3 is 0 Å². The Morgan fingerprint density at radius 3 is 2.24 bits per heavy atom. The molecule has 2 amide bonds. The highest BCUT2D eigenvalue weighted by Gasteiger charge is 2.18. The van der Waals surface area contributed by atoms with Gasteiger partial charge in [0.05, 0.1) is 6.54 Å². The van der Waals surface area contributed by atoms with Gasteiger partial charge in [-0.1, -0.05) is 57.2 Å². The third-order valence-corrected chi connectivity index (χ3v) is 3.57. The highest BCUT2D eigenvalue weighted by molar-refractivity contribution is 5.95. The van der Waals surface area contributed by atoms with Crippen molar-refractivity contribution in [3.63, 3.8) is 0 Å². The van der Waals surface area contributed by atoms with E-state index >= 15 is 0 Å². The van der Waals surface area contributed by atoms with Gasteiger partial charge in [0.1, 0.15) is 5.75 Å². The van der Waals surface area contributed by atoms with Gasteiger partial charge in [-0.05, 0) is 29.2 Å². The van der Waals surface area contributed by atoms with Gasteiger partial charge < -0.3 is 15.4 Å². The molecular formula is C20H24N2O3. The quantitative estimate of drug-likeness (QED) is 0.849. The number of rotatable bonds is 6. The number of benzene rings is 2. The summed E-state index contributed by atoms with van der Waals surface area (Å²) in [6, 6.07) is 16.7. The lowest BCUT2D eigenvalue weighted by atomic mass is 9.86. The van der Waals surface area contributed by atoms with Crippen LogP contribution in [-0.2, 0) is 15.0 Å². The van der Waals surface area contributed by atoms with Crippen LogP contribution >= 0.6 is 0 Å². The van der Waals surface area contributed by atoms with Crippen molar-refractivity contribution in [2.75, 3.05) is 18.5 Å². The molecule has 2 aromatic rings. The topological polar surface area (TPSA) is 67.4 Å². The minimum Gasteiger partial charge on any atom is -0.484 e. The van der Waals surface area contributed by atoms with Gasteiger partial charge in [0.2, 0.25) is 5.91 Å². The molecule has 0 heterocycles. The van der Waals surface area contributed by atoms with E-state index in [-0.39, 0.29) is 30.4 Å². The molecular weight excluding hydrogens is 316 g/mol. The largest absolute Gasteiger partial charge is 0.484 e. The summed E-state index contributed by atoms with van der Waals surface area (Å²) >= 11 is 0. The Bertz CT molecular complexity index is 721. The molecule has 0 saturated heterocycles. The summed E-state index contributed by atoms with van der Waals surface area (Å²) in [4.78, 5) is 23.9. The first-order chi connectivity index (χ1) is 11.9. The molecule has 5 heteroatoms. The molecule has 0 saturated carbocycles. The normalized spacial score (nSPS) is 10.8. The summed E-state index contributed by atoms with van der Waals surface area (Å²) in [5.41, 5.74) is 1.72. The number of anilines is 1. The van der Waals surface area contributed by atoms with Crippen LogP contribution in [0.4, 0.5) is 5.69 Å². The van der Waals surface area contributed by atoms with Gasteiger partial charge in [0.25, 0.3) is 5.91 Å². The Morgan fingerprint density at radius 1 is 0.920 bits per heavy atom. The molecule has 2 rings (SSSR count). The molecule has 0 aliphatic carbocycles. The van der Waals surface area contributed by atoms with Gasteiger partial charge in [-0.2, -0.15) is 0 Å². The van der Waals surface area contributed by atoms with Crippen LogP contribution in [0.5, 0.6) is 5.75 Å². The van der Waals surface area contributed by atoms with Crippen molar-refractivity contribution in [1.29, 1.82) is 0 Å². The molecule has 25 heavy (non-hydrogen) atoms. The summed E-state index contributed by atoms with van der Waals surface area (Å²) in [5.74, 6) is -0.00548. The van der Waals surface area contributed by atoms with Gasteiger partial charge in [-0.3, -0.25) is 9.59 Å². The molecule has 0 aromatic heterocycles. The number of hydrogen-bond donors (Lipinski definition) is 2. The molecule has 0 radical (unpaired) electrons. The van der Waals surface area contributed by atoms with E-state index in [4.69, 9.17) is 4.74 Å². The molecule has 0 aliphatic rings. The van der Waals surface area contributed by atoms with Crippen molar-refractivity contribution < 1.29 is 14.3 Å². The maximum Gasteiger partial charge on any atom is 0.258 e. The summed E-state index contributed by atoms with van der Waals surface area (Å²) in [6.45, 7) is 6.02. The van der Waals surface area contributed by atoms with E-state index in [1.807, 2.05) is 42.5 Å². The summed E-state index contributed by atoms with van der Waals surface area (Å²) in [6.07, 6.45) is 0. The molecule has 132 valence electrons. The first-order valence-electron chi connectivity index (χ1n) is 8.20. The van der Waals surface area contributed by atoms with Crippen molar-refractivity contribution in [3.8, 4) is 5.75 Å². The van der Waals surface area contributed by atoms with Crippen LogP contribution < -0.4 is 15.4 Å². The van der Waals surface area contributed by atoms with Crippen molar-refractivity contribution >= 4 is 17.5 Å². The van der Waals surface area contributed by atoms with Gasteiger partial charge in [-0.15, -0.1) is 0 Å². The van der Waals surface area contributed by atoms with Crippen molar-refractivity contribution in [1.82, 2.24) is 5.32 Å². The molecule has 0 bridgehead atoms. The van der Waals surface area contributed by atoms with E-state index < -0.39 is 0 Å². The maximum atomic E-state index is 12.1. The second-order valence-electron chi connectivity index (χ2n) is 6.72. The number of hydrogen-bond acceptors (Lipinski definition) is 3. The predicted octanol–water partition coefficient (Wildman–Crippen LogP) is 3.12. The number of amides is 2. The van der Waals surface area contributed by atoms with Crippen LogP contribution in [-0.4, -0.2) is 25.0 Å². The van der Waals surface area contributed by atoms with E-state index in [9.17, 15) is 9.59 Å². The average Bonchev–Trinajstić information content (AvgIpc) is 2.58. The van der Waals surface area contributed by atoms with E-state index in [0.29, 0.717) is 5.75 Å². The standard InChI is InChI=1S/C20H24N2O3/c1-20(2,3)16-11-7-8-12-17(16)22-18(23)13-21-19(24)14-25-15-9-5-4-6-10-15/h4-12H,13-14H2,1-3H3,(H,21,24)(H,22,23). The van der Waals surface area contributed by atoms with Crippen LogP contribution in [0.25, 0.3) is 0 Å². The second-order valence-corrected chi connectivity index (χ2v) is 6.72. The zero-order valence-corrected chi connectivity index (χ0v) is 14.8. The molecule has 0 fully saturated rings. The lowest BCUT2D eigenvalue weighted by molar-refractivity contribution is -0.125. The Kier molecular flexibility index (Phi) is 6.17.